The van der Waals surface area contributed by atoms with E-state index in [-0.39, 0.29) is 40.7 Å². The number of fused-ring (bicyclic) bond motifs is 7. The molecule has 0 spiro atoms. The van der Waals surface area contributed by atoms with E-state index in [2.05, 4.69) is 19.9 Å². The Balaban J connectivity index is 1.23. The monoisotopic (exact) mass is 521 g/mol. The molecule has 0 unspecified atom stereocenters. The summed E-state index contributed by atoms with van der Waals surface area (Å²) in [5, 5.41) is 23.7. The van der Waals surface area contributed by atoms with Crippen molar-refractivity contribution in [3.05, 3.63) is 59.7 Å². The van der Waals surface area contributed by atoms with Gasteiger partial charge in [-0.3, -0.25) is 14.4 Å². The van der Waals surface area contributed by atoms with Crippen molar-refractivity contribution in [1.82, 2.24) is 5.06 Å². The number of ketones is 2. The lowest BCUT2D eigenvalue weighted by Crippen LogP contribution is -2.63. The number of benzene rings is 1. The van der Waals surface area contributed by atoms with Gasteiger partial charge < -0.3 is 14.9 Å². The van der Waals surface area contributed by atoms with Gasteiger partial charge in [0.05, 0.1) is 19.3 Å². The predicted molar refractivity (Wildman–Crippen MR) is 140 cm³/mol. The minimum Gasteiger partial charge on any atom is -0.393 e. The molecule has 204 valence electrons. The number of Topliss-reactive ketones (excluding diaryl/α,β-unsaturated/α-hetero) is 1. The summed E-state index contributed by atoms with van der Waals surface area (Å²) >= 11 is 0. The number of hydroxylamine groups is 2. The van der Waals surface area contributed by atoms with Crippen LogP contribution in [-0.2, 0) is 25.8 Å². The van der Waals surface area contributed by atoms with Crippen LogP contribution >= 0.6 is 0 Å². The zero-order valence-corrected chi connectivity index (χ0v) is 22.3. The summed E-state index contributed by atoms with van der Waals surface area (Å²) < 4.78 is 5.88. The summed E-state index contributed by atoms with van der Waals surface area (Å²) in [6.07, 6.45) is 7.73. The molecule has 1 aliphatic heterocycles. The van der Waals surface area contributed by atoms with E-state index in [1.54, 1.807) is 6.08 Å². The van der Waals surface area contributed by atoms with E-state index >= 15 is 0 Å². The van der Waals surface area contributed by atoms with E-state index in [0.717, 1.165) is 24.0 Å². The average Bonchev–Trinajstić information content (AvgIpc) is 3.39. The van der Waals surface area contributed by atoms with E-state index in [0.29, 0.717) is 39.1 Å². The number of aliphatic hydroxyl groups is 2. The Labute approximate surface area is 224 Å². The molecule has 1 saturated heterocycles. The number of carbonyl (C=O) groups is 2. The lowest BCUT2D eigenvalue weighted by atomic mass is 9.47. The van der Waals surface area contributed by atoms with Crippen molar-refractivity contribution in [3.63, 3.8) is 0 Å². The van der Waals surface area contributed by atoms with Gasteiger partial charge in [-0.25, -0.2) is 0 Å². The number of carbonyl (C=O) groups excluding carboxylic acids is 2. The summed E-state index contributed by atoms with van der Waals surface area (Å²) in [7, 11) is 0. The van der Waals surface area contributed by atoms with Gasteiger partial charge in [-0.05, 0) is 42.7 Å². The predicted octanol–water partition coefficient (Wildman–Crippen LogP) is 3.26. The van der Waals surface area contributed by atoms with Gasteiger partial charge in [-0.2, -0.15) is 5.06 Å². The second kappa shape index (κ2) is 9.49. The molecule has 1 heterocycles. The number of ether oxygens (including phenoxy) is 1. The maximum Gasteiger partial charge on any atom is 0.192 e. The van der Waals surface area contributed by atoms with Crippen molar-refractivity contribution in [2.24, 2.45) is 34.5 Å². The summed E-state index contributed by atoms with van der Waals surface area (Å²) in [5.41, 5.74) is 0.114. The maximum atomic E-state index is 13.6. The molecule has 2 N–H and O–H groups in total. The SMILES string of the molecule is C[C@]12C=CC(=O)CC1=CC[C@@H]1[C@@H]2[C@@H](O)C[C@@]2(C)[C@H]1C[C@H]1CN(CCOCc3ccccc3)O[C@]12C(=O)CO. The molecule has 3 fully saturated rings. The molecule has 1 aromatic rings. The van der Waals surface area contributed by atoms with Crippen molar-refractivity contribution in [2.45, 2.75) is 57.8 Å². The van der Waals surface area contributed by atoms with Gasteiger partial charge in [-0.15, -0.1) is 0 Å². The van der Waals surface area contributed by atoms with Crippen LogP contribution in [0.15, 0.2) is 54.1 Å². The van der Waals surface area contributed by atoms with Gasteiger partial charge in [-0.1, -0.05) is 61.9 Å². The van der Waals surface area contributed by atoms with Crippen LogP contribution in [0.4, 0.5) is 0 Å². The van der Waals surface area contributed by atoms with Crippen molar-refractivity contribution in [1.29, 1.82) is 0 Å². The summed E-state index contributed by atoms with van der Waals surface area (Å²) in [5.74, 6) is 0.120. The summed E-state index contributed by atoms with van der Waals surface area (Å²) in [6, 6.07) is 10.0. The van der Waals surface area contributed by atoms with Crippen molar-refractivity contribution in [2.75, 3.05) is 26.3 Å². The molecule has 4 aliphatic carbocycles. The molecule has 8 atom stereocenters. The van der Waals surface area contributed by atoms with Gasteiger partial charge in [0.25, 0.3) is 0 Å². The Bertz CT molecular complexity index is 1160. The fourth-order valence-electron chi connectivity index (χ4n) is 9.03. The first-order valence-corrected chi connectivity index (χ1v) is 14.0. The quantitative estimate of drug-likeness (QED) is 0.420. The third kappa shape index (κ3) is 3.74. The van der Waals surface area contributed by atoms with Gasteiger partial charge >= 0.3 is 0 Å². The van der Waals surface area contributed by atoms with E-state index < -0.39 is 23.7 Å². The molecule has 6 rings (SSSR count). The highest BCUT2D eigenvalue weighted by Crippen LogP contribution is 2.70. The van der Waals surface area contributed by atoms with Crippen LogP contribution in [0.3, 0.4) is 0 Å². The highest BCUT2D eigenvalue weighted by atomic mass is 16.7. The fraction of sp³-hybridized carbons (Fsp3) is 0.613. The van der Waals surface area contributed by atoms with E-state index in [4.69, 9.17) is 9.57 Å². The minimum absolute atomic E-state index is 0.00693. The summed E-state index contributed by atoms with van der Waals surface area (Å²) in [6.45, 7) is 5.80. The minimum atomic E-state index is -1.15. The zero-order chi connectivity index (χ0) is 26.7. The number of hydrogen-bond donors (Lipinski definition) is 2. The molecule has 5 aliphatic rings. The molecule has 0 amide bonds. The number of rotatable bonds is 7. The first kappa shape index (κ1) is 26.1. The van der Waals surface area contributed by atoms with Gasteiger partial charge in [0, 0.05) is 42.2 Å². The van der Waals surface area contributed by atoms with Crippen LogP contribution in [0, 0.1) is 34.5 Å². The van der Waals surface area contributed by atoms with Crippen molar-refractivity contribution >= 4 is 11.6 Å². The van der Waals surface area contributed by atoms with E-state index in [9.17, 15) is 19.8 Å². The number of nitrogens with zero attached hydrogens (tertiary/aromatic N) is 1. The van der Waals surface area contributed by atoms with Crippen molar-refractivity contribution in [3.8, 4) is 0 Å². The lowest BCUT2D eigenvalue weighted by molar-refractivity contribution is -0.252. The van der Waals surface area contributed by atoms with Gasteiger partial charge in [0.15, 0.2) is 17.2 Å². The molecule has 7 nitrogen and oxygen atoms in total. The van der Waals surface area contributed by atoms with Crippen LogP contribution < -0.4 is 0 Å². The first-order valence-electron chi connectivity index (χ1n) is 14.0. The van der Waals surface area contributed by atoms with Crippen LogP contribution in [0.5, 0.6) is 0 Å². The molecule has 2 saturated carbocycles. The van der Waals surface area contributed by atoms with Crippen LogP contribution in [-0.4, -0.2) is 64.9 Å². The van der Waals surface area contributed by atoms with Gasteiger partial charge in [0.2, 0.25) is 0 Å². The highest BCUT2D eigenvalue weighted by molar-refractivity contribution is 5.93. The topological polar surface area (TPSA) is 96.3 Å². The average molecular weight is 522 g/mol. The standard InChI is InChI=1S/C31H39NO6/c1-29-11-10-23(34)14-21(29)8-9-24-25-15-22-17-32(12-13-37-19-20-6-4-3-5-7-20)38-31(22,27(36)18-33)30(25,2)16-26(35)28(24)29/h3-8,10-11,22,24-26,28,33,35H,9,12-19H2,1-2H3/t22-,24-,25-,26-,28+,29-,30-,31-/m0/s1. The second-order valence-electron chi connectivity index (χ2n) is 12.5. The Hall–Kier alpha value is -2.16. The largest absolute Gasteiger partial charge is 0.393 e. The molecule has 1 aromatic carbocycles. The second-order valence-corrected chi connectivity index (χ2v) is 12.5. The number of allylic oxidation sites excluding steroid dienone is 4. The third-order valence-corrected chi connectivity index (χ3v) is 10.7. The van der Waals surface area contributed by atoms with E-state index in [1.165, 1.54) is 0 Å². The molecule has 0 bridgehead atoms. The maximum absolute atomic E-state index is 13.6. The highest BCUT2D eigenvalue weighted by Gasteiger charge is 2.74. The normalized spacial score (nSPS) is 41.7. The number of hydrogen-bond acceptors (Lipinski definition) is 7. The van der Waals surface area contributed by atoms with Crippen LogP contribution in [0.25, 0.3) is 0 Å². The van der Waals surface area contributed by atoms with E-state index in [1.807, 2.05) is 41.5 Å². The Kier molecular flexibility index (Phi) is 6.51. The Morgan fingerprint density at radius 1 is 1.24 bits per heavy atom. The fourth-order valence-corrected chi connectivity index (χ4v) is 9.03. The van der Waals surface area contributed by atoms with Crippen LogP contribution in [0.2, 0.25) is 0 Å². The number of aliphatic hydroxyl groups excluding tert-OH is 2. The smallest absolute Gasteiger partial charge is 0.192 e. The molecule has 38 heavy (non-hydrogen) atoms. The molecule has 0 aromatic heterocycles. The molecule has 0 radical (unpaired) electrons. The Morgan fingerprint density at radius 2 is 2.03 bits per heavy atom. The Morgan fingerprint density at radius 3 is 2.79 bits per heavy atom. The summed E-state index contributed by atoms with van der Waals surface area (Å²) in [4.78, 5) is 32.3. The molecular weight excluding hydrogens is 482 g/mol. The lowest BCUT2D eigenvalue weighted by Gasteiger charge is -2.59. The van der Waals surface area contributed by atoms with Crippen LogP contribution in [0.1, 0.15) is 45.1 Å². The molecular formula is C31H39NO6. The zero-order valence-electron chi connectivity index (χ0n) is 22.3. The molecule has 7 heteroatoms. The first-order chi connectivity index (χ1) is 18.2. The van der Waals surface area contributed by atoms with Crippen molar-refractivity contribution < 1.29 is 29.4 Å². The van der Waals surface area contributed by atoms with Gasteiger partial charge in [0.1, 0.15) is 6.61 Å². The third-order valence-electron chi connectivity index (χ3n) is 10.7.